The van der Waals surface area contributed by atoms with Gasteiger partial charge in [0.15, 0.2) is 16.6 Å². The maximum Gasteiger partial charge on any atom is 0.311 e. The number of ketones is 1. The number of hydrogen-bond donors (Lipinski definition) is 1. The van der Waals surface area contributed by atoms with Gasteiger partial charge in [-0.2, -0.15) is 0 Å². The standard InChI is InChI=1S/C23H25N3O4S/c1-4-13-25-15(3)20(22(27)16-9-7-6-8-10-16)21(24-23(25)31)17-11-12-19(30-5-2)18(14-17)26(28)29/h6-12,14,21H,4-5,13H2,1-3H3,(H,24,31). The van der Waals surface area contributed by atoms with E-state index in [2.05, 4.69) is 5.32 Å². The van der Waals surface area contributed by atoms with E-state index in [-0.39, 0.29) is 17.2 Å². The molecule has 2 aromatic carbocycles. The highest BCUT2D eigenvalue weighted by Gasteiger charge is 2.35. The minimum Gasteiger partial charge on any atom is -0.487 e. The molecule has 1 heterocycles. The number of ether oxygens (including phenoxy) is 1. The summed E-state index contributed by atoms with van der Waals surface area (Å²) >= 11 is 5.57. The van der Waals surface area contributed by atoms with E-state index in [4.69, 9.17) is 17.0 Å². The van der Waals surface area contributed by atoms with Gasteiger partial charge in [0.1, 0.15) is 0 Å². The number of Topliss-reactive ketones (excluding diaryl/α,β-unsaturated/α-hetero) is 1. The highest BCUT2D eigenvalue weighted by Crippen LogP contribution is 2.37. The zero-order valence-corrected chi connectivity index (χ0v) is 18.6. The van der Waals surface area contributed by atoms with Gasteiger partial charge in [-0.05, 0) is 44.1 Å². The lowest BCUT2D eigenvalue weighted by Gasteiger charge is -2.38. The van der Waals surface area contributed by atoms with Gasteiger partial charge in [0.25, 0.3) is 0 Å². The third-order valence-electron chi connectivity index (χ3n) is 5.14. The smallest absolute Gasteiger partial charge is 0.311 e. The van der Waals surface area contributed by atoms with Gasteiger partial charge < -0.3 is 15.0 Å². The lowest BCUT2D eigenvalue weighted by atomic mass is 9.89. The van der Waals surface area contributed by atoms with E-state index in [9.17, 15) is 14.9 Å². The Balaban J connectivity index is 2.15. The van der Waals surface area contributed by atoms with E-state index in [1.54, 1.807) is 31.2 Å². The zero-order valence-electron chi connectivity index (χ0n) is 17.8. The molecule has 1 N–H and O–H groups in total. The van der Waals surface area contributed by atoms with Crippen molar-refractivity contribution >= 4 is 28.8 Å². The summed E-state index contributed by atoms with van der Waals surface area (Å²) in [4.78, 5) is 26.6. The molecule has 7 nitrogen and oxygen atoms in total. The first-order chi connectivity index (χ1) is 14.9. The summed E-state index contributed by atoms with van der Waals surface area (Å²) in [5.41, 5.74) is 2.25. The number of nitrogens with zero attached hydrogens (tertiary/aromatic N) is 2. The van der Waals surface area contributed by atoms with Gasteiger partial charge in [0, 0.05) is 29.4 Å². The number of thiocarbonyl (C=S) groups is 1. The van der Waals surface area contributed by atoms with Crippen LogP contribution in [0.4, 0.5) is 5.69 Å². The van der Waals surface area contributed by atoms with E-state index in [0.717, 1.165) is 12.1 Å². The van der Waals surface area contributed by atoms with Crippen LogP contribution in [0, 0.1) is 10.1 Å². The molecule has 1 unspecified atom stereocenters. The van der Waals surface area contributed by atoms with Gasteiger partial charge >= 0.3 is 5.69 Å². The van der Waals surface area contributed by atoms with Crippen molar-refractivity contribution < 1.29 is 14.5 Å². The van der Waals surface area contributed by atoms with Crippen LogP contribution in [0.15, 0.2) is 59.8 Å². The van der Waals surface area contributed by atoms with Crippen molar-refractivity contribution in [2.24, 2.45) is 0 Å². The maximum atomic E-state index is 13.5. The fourth-order valence-electron chi connectivity index (χ4n) is 3.70. The van der Waals surface area contributed by atoms with Crippen molar-refractivity contribution in [1.82, 2.24) is 10.2 Å². The fraction of sp³-hybridized carbons (Fsp3) is 0.304. The monoisotopic (exact) mass is 439 g/mol. The molecule has 0 saturated heterocycles. The number of carbonyl (C=O) groups is 1. The van der Waals surface area contributed by atoms with Crippen LogP contribution in [0.2, 0.25) is 0 Å². The molecule has 1 atom stereocenters. The molecule has 0 amide bonds. The number of nitrogens with one attached hydrogen (secondary N) is 1. The number of carbonyl (C=O) groups excluding carboxylic acids is 1. The average molecular weight is 440 g/mol. The number of rotatable bonds is 8. The fourth-order valence-corrected chi connectivity index (χ4v) is 4.04. The first-order valence-corrected chi connectivity index (χ1v) is 10.6. The minimum atomic E-state index is -0.609. The van der Waals surface area contributed by atoms with Crippen LogP contribution in [0.5, 0.6) is 5.75 Å². The van der Waals surface area contributed by atoms with Crippen LogP contribution >= 0.6 is 12.2 Å². The molecule has 1 aliphatic rings. The molecular formula is C23H25N3O4S. The van der Waals surface area contributed by atoms with Gasteiger partial charge in [-0.1, -0.05) is 43.3 Å². The van der Waals surface area contributed by atoms with Crippen LogP contribution in [-0.4, -0.2) is 33.9 Å². The second-order valence-corrected chi connectivity index (χ2v) is 7.53. The van der Waals surface area contributed by atoms with Crippen molar-refractivity contribution in [2.75, 3.05) is 13.2 Å². The van der Waals surface area contributed by atoms with Gasteiger partial charge in [0.2, 0.25) is 0 Å². The van der Waals surface area contributed by atoms with Gasteiger partial charge in [-0.3, -0.25) is 14.9 Å². The van der Waals surface area contributed by atoms with Crippen LogP contribution in [0.25, 0.3) is 0 Å². The molecule has 8 heteroatoms. The third kappa shape index (κ3) is 4.59. The number of nitro benzene ring substituents is 1. The molecule has 0 spiro atoms. The van der Waals surface area contributed by atoms with E-state index in [1.165, 1.54) is 6.07 Å². The van der Waals surface area contributed by atoms with E-state index >= 15 is 0 Å². The molecule has 2 aromatic rings. The Morgan fingerprint density at radius 1 is 1.23 bits per heavy atom. The van der Waals surface area contributed by atoms with Gasteiger partial charge in [0.05, 0.1) is 17.6 Å². The minimum absolute atomic E-state index is 0.143. The number of allylic oxidation sites excluding steroid dienone is 1. The van der Waals surface area contributed by atoms with E-state index < -0.39 is 11.0 Å². The normalized spacial score (nSPS) is 16.2. The predicted octanol–water partition coefficient (Wildman–Crippen LogP) is 4.79. The Kier molecular flexibility index (Phi) is 7.02. The molecule has 31 heavy (non-hydrogen) atoms. The highest BCUT2D eigenvalue weighted by molar-refractivity contribution is 7.80. The lowest BCUT2D eigenvalue weighted by molar-refractivity contribution is -0.385. The first kappa shape index (κ1) is 22.4. The highest BCUT2D eigenvalue weighted by atomic mass is 32.1. The molecule has 3 rings (SSSR count). The molecule has 0 aliphatic carbocycles. The Morgan fingerprint density at radius 2 is 1.94 bits per heavy atom. The second kappa shape index (κ2) is 9.70. The largest absolute Gasteiger partial charge is 0.487 e. The summed E-state index contributed by atoms with van der Waals surface area (Å²) in [5.74, 6) is 0.0506. The second-order valence-electron chi connectivity index (χ2n) is 7.15. The van der Waals surface area contributed by atoms with Crippen LogP contribution < -0.4 is 10.1 Å². The third-order valence-corrected chi connectivity index (χ3v) is 5.48. The van der Waals surface area contributed by atoms with Crippen LogP contribution in [-0.2, 0) is 0 Å². The zero-order chi connectivity index (χ0) is 22.5. The molecule has 1 aliphatic heterocycles. The van der Waals surface area contributed by atoms with Crippen LogP contribution in [0.3, 0.4) is 0 Å². The Labute approximate surface area is 186 Å². The topological polar surface area (TPSA) is 84.7 Å². The number of hydrogen-bond acceptors (Lipinski definition) is 5. The quantitative estimate of drug-likeness (QED) is 0.274. The molecule has 0 fully saturated rings. The number of benzene rings is 2. The molecule has 0 bridgehead atoms. The van der Waals surface area contributed by atoms with Crippen molar-refractivity contribution in [3.05, 3.63) is 81.0 Å². The molecular weight excluding hydrogens is 414 g/mol. The van der Waals surface area contributed by atoms with Crippen molar-refractivity contribution in [1.29, 1.82) is 0 Å². The summed E-state index contributed by atoms with van der Waals surface area (Å²) < 4.78 is 5.40. The molecule has 162 valence electrons. The van der Waals surface area contributed by atoms with Crippen LogP contribution in [0.1, 0.15) is 49.2 Å². The summed E-state index contributed by atoms with van der Waals surface area (Å²) in [6.45, 7) is 6.66. The summed E-state index contributed by atoms with van der Waals surface area (Å²) in [7, 11) is 0. The molecule has 0 radical (unpaired) electrons. The molecule has 0 saturated carbocycles. The van der Waals surface area contributed by atoms with Gasteiger partial charge in [-0.25, -0.2) is 0 Å². The average Bonchev–Trinajstić information content (AvgIpc) is 2.77. The summed E-state index contributed by atoms with van der Waals surface area (Å²) in [5, 5.41) is 15.3. The predicted molar refractivity (Wildman–Crippen MR) is 123 cm³/mol. The van der Waals surface area contributed by atoms with E-state index in [0.29, 0.717) is 35.0 Å². The maximum absolute atomic E-state index is 13.5. The Morgan fingerprint density at radius 3 is 2.55 bits per heavy atom. The summed E-state index contributed by atoms with van der Waals surface area (Å²) in [6.07, 6.45) is 0.852. The Hall–Kier alpha value is -3.26. The van der Waals surface area contributed by atoms with Gasteiger partial charge in [-0.15, -0.1) is 0 Å². The number of nitro groups is 1. The summed E-state index contributed by atoms with van der Waals surface area (Å²) in [6, 6.07) is 13.1. The van der Waals surface area contributed by atoms with Crippen molar-refractivity contribution in [3.63, 3.8) is 0 Å². The first-order valence-electron chi connectivity index (χ1n) is 10.2. The van der Waals surface area contributed by atoms with E-state index in [1.807, 2.05) is 36.9 Å². The molecule has 0 aromatic heterocycles. The SMILES string of the molecule is CCCN1C(=S)NC(c2ccc(OCC)c([N+](=O)[O-])c2)C(C(=O)c2ccccc2)=C1C. The Bertz CT molecular complexity index is 1040. The lowest BCUT2D eigenvalue weighted by Crippen LogP contribution is -2.47. The van der Waals surface area contributed by atoms with Crippen molar-refractivity contribution in [3.8, 4) is 5.75 Å². The van der Waals surface area contributed by atoms with Crippen molar-refractivity contribution in [2.45, 2.75) is 33.2 Å².